The summed E-state index contributed by atoms with van der Waals surface area (Å²) in [5.74, 6) is 3.83. The van der Waals surface area contributed by atoms with Gasteiger partial charge < -0.3 is 24.1 Å². The van der Waals surface area contributed by atoms with E-state index in [4.69, 9.17) is 18.9 Å². The molecule has 338 valence electrons. The third kappa shape index (κ3) is 11.8. The van der Waals surface area contributed by atoms with Crippen molar-refractivity contribution in [2.75, 3.05) is 0 Å². The SMILES string of the molecule is C=C(C)C(=O)OC(C)(C)C.C=C(C)C(=O)OC1(C(C)C)C2CC3CC(C2)CC1C3.C=C(C)C(=O)OC1(C(C)C)CCCC1.C=C(C)C(=O)OC12CC3CC(CC(O)(C3)C1)C2. The molecular formula is C51H80O9. The zero-order chi connectivity index (χ0) is 45.2. The molecule has 0 aliphatic heterocycles. The topological polar surface area (TPSA) is 125 Å². The van der Waals surface area contributed by atoms with Gasteiger partial charge in [-0.1, -0.05) is 54.0 Å². The van der Waals surface area contributed by atoms with E-state index in [0.29, 0.717) is 64.2 Å². The number of ether oxygens (including phenoxy) is 4. The van der Waals surface area contributed by atoms with Crippen LogP contribution in [0.15, 0.2) is 48.6 Å². The lowest BCUT2D eigenvalue weighted by molar-refractivity contribution is -0.221. The number of hydrogen-bond acceptors (Lipinski definition) is 9. The predicted molar refractivity (Wildman–Crippen MR) is 236 cm³/mol. The van der Waals surface area contributed by atoms with E-state index < -0.39 is 16.8 Å². The summed E-state index contributed by atoms with van der Waals surface area (Å²) in [4.78, 5) is 46.2. The van der Waals surface area contributed by atoms with Crippen LogP contribution in [0.5, 0.6) is 0 Å². The summed E-state index contributed by atoms with van der Waals surface area (Å²) in [6, 6.07) is 0. The minimum atomic E-state index is -0.570. The van der Waals surface area contributed by atoms with Crippen LogP contribution >= 0.6 is 0 Å². The van der Waals surface area contributed by atoms with Crippen molar-refractivity contribution in [3.63, 3.8) is 0 Å². The van der Waals surface area contributed by atoms with Crippen LogP contribution in [0.1, 0.15) is 172 Å². The van der Waals surface area contributed by atoms with E-state index in [2.05, 4.69) is 54.0 Å². The molecule has 2 atom stereocenters. The van der Waals surface area contributed by atoms with Gasteiger partial charge in [-0.3, -0.25) is 0 Å². The summed E-state index contributed by atoms with van der Waals surface area (Å²) in [6.07, 6.45) is 16.4. The van der Waals surface area contributed by atoms with Gasteiger partial charge in [-0.25, -0.2) is 19.2 Å². The van der Waals surface area contributed by atoms with Crippen molar-refractivity contribution in [3.05, 3.63) is 48.6 Å². The Balaban J connectivity index is 0.000000181. The van der Waals surface area contributed by atoms with E-state index in [0.717, 1.165) is 50.4 Å². The van der Waals surface area contributed by atoms with Gasteiger partial charge in [-0.15, -0.1) is 0 Å². The van der Waals surface area contributed by atoms with Crippen molar-refractivity contribution in [1.82, 2.24) is 0 Å². The quantitative estimate of drug-likeness (QED) is 0.137. The van der Waals surface area contributed by atoms with Gasteiger partial charge >= 0.3 is 23.9 Å². The van der Waals surface area contributed by atoms with Crippen molar-refractivity contribution in [2.24, 2.45) is 47.3 Å². The number of carbonyl (C=O) groups excluding carboxylic acids is 4. The molecule has 0 amide bonds. The fourth-order valence-corrected chi connectivity index (χ4v) is 12.3. The Labute approximate surface area is 362 Å². The predicted octanol–water partition coefficient (Wildman–Crippen LogP) is 11.1. The van der Waals surface area contributed by atoms with E-state index in [1.807, 2.05) is 20.8 Å². The second-order valence-electron chi connectivity index (χ2n) is 21.9. The summed E-state index contributed by atoms with van der Waals surface area (Å²) >= 11 is 0. The van der Waals surface area contributed by atoms with Crippen LogP contribution in [0.4, 0.5) is 0 Å². The fourth-order valence-electron chi connectivity index (χ4n) is 12.3. The van der Waals surface area contributed by atoms with Gasteiger partial charge in [0.1, 0.15) is 22.4 Å². The van der Waals surface area contributed by atoms with E-state index >= 15 is 0 Å². The summed E-state index contributed by atoms with van der Waals surface area (Å²) in [7, 11) is 0. The normalized spacial score (nSPS) is 33.5. The molecule has 9 aliphatic carbocycles. The summed E-state index contributed by atoms with van der Waals surface area (Å²) in [5.41, 5.74) is 0.137. The first-order chi connectivity index (χ1) is 27.6. The Morgan fingerprint density at radius 3 is 1.32 bits per heavy atom. The molecule has 0 aromatic carbocycles. The van der Waals surface area contributed by atoms with E-state index in [1.165, 1.54) is 51.4 Å². The summed E-state index contributed by atoms with van der Waals surface area (Å²) in [6.45, 7) is 35.4. The maximum Gasteiger partial charge on any atom is 0.333 e. The number of rotatable bonds is 9. The largest absolute Gasteiger partial charge is 0.457 e. The molecule has 2 unspecified atom stereocenters. The molecule has 9 fully saturated rings. The highest BCUT2D eigenvalue weighted by molar-refractivity contribution is 5.88. The number of esters is 4. The molecule has 9 saturated carbocycles. The van der Waals surface area contributed by atoms with E-state index in [1.54, 1.807) is 27.7 Å². The molecule has 0 spiro atoms. The lowest BCUT2D eigenvalue weighted by Gasteiger charge is -2.61. The highest BCUT2D eigenvalue weighted by Crippen LogP contribution is 2.62. The van der Waals surface area contributed by atoms with Crippen molar-refractivity contribution in [1.29, 1.82) is 0 Å². The summed E-state index contributed by atoms with van der Waals surface area (Å²) < 4.78 is 22.3. The first kappa shape index (κ1) is 49.5. The number of carbonyl (C=O) groups is 4. The van der Waals surface area contributed by atoms with Crippen LogP contribution in [0.2, 0.25) is 0 Å². The standard InChI is InChI=1S/C17H26O2.C14H20O3.C12H20O2.C8H14O2/c1-10(2)16(18)19-17(11(3)4)14-6-12-5-13(8-14)9-15(17)7-12;1-9(2)12(15)17-14-6-10-3-11(7-14)5-13(16,4-10)8-14;1-9(2)11(13)14-12(10(3)4)7-5-6-8-12;1-6(2)7(9)10-8(3,4)5/h11-15H,1,5-9H2,2-4H3;10-11,16H,1,3-8H2,2H3;10H,1,5-8H2,2-4H3;1H2,2-5H3. The maximum atomic E-state index is 12.1. The third-order valence-corrected chi connectivity index (χ3v) is 14.5. The van der Waals surface area contributed by atoms with Gasteiger partial charge in [0.05, 0.1) is 5.60 Å². The molecule has 0 aromatic rings. The molecule has 9 aliphatic rings. The van der Waals surface area contributed by atoms with Crippen LogP contribution in [0.25, 0.3) is 0 Å². The minimum absolute atomic E-state index is 0.179. The molecule has 1 N–H and O–H groups in total. The fraction of sp³-hybridized carbons (Fsp3) is 0.765. The summed E-state index contributed by atoms with van der Waals surface area (Å²) in [5, 5.41) is 10.5. The maximum absolute atomic E-state index is 12.1. The molecule has 0 aromatic heterocycles. The van der Waals surface area contributed by atoms with E-state index in [-0.39, 0.29) is 35.1 Å². The molecule has 60 heavy (non-hydrogen) atoms. The van der Waals surface area contributed by atoms with Gasteiger partial charge in [0.15, 0.2) is 0 Å². The smallest absolute Gasteiger partial charge is 0.333 e. The van der Waals surface area contributed by atoms with Crippen LogP contribution in [0.3, 0.4) is 0 Å². The van der Waals surface area contributed by atoms with Crippen molar-refractivity contribution >= 4 is 23.9 Å². The van der Waals surface area contributed by atoms with Crippen molar-refractivity contribution < 1.29 is 43.2 Å². The Morgan fingerprint density at radius 1 is 0.567 bits per heavy atom. The monoisotopic (exact) mass is 837 g/mol. The Bertz CT molecular complexity index is 1610. The zero-order valence-electron chi connectivity index (χ0n) is 39.3. The van der Waals surface area contributed by atoms with Gasteiger partial charge in [-0.2, -0.15) is 0 Å². The average Bonchev–Trinajstić information content (AvgIpc) is 3.58. The minimum Gasteiger partial charge on any atom is -0.457 e. The molecule has 0 saturated heterocycles. The molecule has 0 radical (unpaired) electrons. The molecule has 9 heteroatoms. The average molecular weight is 837 g/mol. The highest BCUT2D eigenvalue weighted by atomic mass is 16.6. The van der Waals surface area contributed by atoms with Crippen LogP contribution < -0.4 is 0 Å². The molecule has 8 bridgehead atoms. The van der Waals surface area contributed by atoms with Crippen molar-refractivity contribution in [2.45, 2.75) is 200 Å². The molecule has 0 heterocycles. The van der Waals surface area contributed by atoms with Crippen LogP contribution in [0, 0.1) is 47.3 Å². The number of aliphatic hydroxyl groups is 1. The Hall–Kier alpha value is -3.20. The Kier molecular flexibility index (Phi) is 15.7. The van der Waals surface area contributed by atoms with Crippen LogP contribution in [-0.4, -0.2) is 57.0 Å². The van der Waals surface area contributed by atoms with Crippen LogP contribution in [-0.2, 0) is 38.1 Å². The second kappa shape index (κ2) is 19.0. The van der Waals surface area contributed by atoms with Crippen molar-refractivity contribution in [3.8, 4) is 0 Å². The molecule has 9 nitrogen and oxygen atoms in total. The highest BCUT2D eigenvalue weighted by Gasteiger charge is 2.61. The first-order valence-electron chi connectivity index (χ1n) is 22.9. The van der Waals surface area contributed by atoms with Gasteiger partial charge in [-0.05, 0) is 186 Å². The van der Waals surface area contributed by atoms with Gasteiger partial charge in [0.25, 0.3) is 0 Å². The van der Waals surface area contributed by atoms with Gasteiger partial charge in [0, 0.05) is 28.7 Å². The van der Waals surface area contributed by atoms with E-state index in [9.17, 15) is 24.3 Å². The zero-order valence-corrected chi connectivity index (χ0v) is 39.3. The third-order valence-electron chi connectivity index (χ3n) is 14.5. The lowest BCUT2D eigenvalue weighted by Crippen LogP contribution is -2.62. The molecular weight excluding hydrogens is 757 g/mol. The second-order valence-corrected chi connectivity index (χ2v) is 21.9. The first-order valence-corrected chi connectivity index (χ1v) is 22.9. The lowest BCUT2D eigenvalue weighted by atomic mass is 9.47. The molecule has 9 rings (SSSR count). The number of hydrogen-bond donors (Lipinski definition) is 1. The Morgan fingerprint density at radius 2 is 0.967 bits per heavy atom. The van der Waals surface area contributed by atoms with Gasteiger partial charge in [0.2, 0.25) is 0 Å².